The largest absolute Gasteiger partial charge is 0.294 e. The molecule has 0 aliphatic heterocycles. The van der Waals surface area contributed by atoms with Crippen LogP contribution in [0.4, 0.5) is 0 Å². The van der Waals surface area contributed by atoms with Gasteiger partial charge in [0.25, 0.3) is 0 Å². The molecule has 0 amide bonds. The standard InChI is InChI=1S/C11H12O2S/c1-2-10(12)9-5-3-4-8(6-9)7-11(13)14/h3-6H,2,7H2,1H3,(H,13,14). The van der Waals surface area contributed by atoms with Crippen LogP contribution in [0.3, 0.4) is 0 Å². The van der Waals surface area contributed by atoms with Gasteiger partial charge >= 0.3 is 0 Å². The summed E-state index contributed by atoms with van der Waals surface area (Å²) < 4.78 is 0. The molecule has 0 N–H and O–H groups in total. The average molecular weight is 208 g/mol. The van der Waals surface area contributed by atoms with Gasteiger partial charge in [-0.15, -0.1) is 12.6 Å². The Morgan fingerprint density at radius 2 is 2.07 bits per heavy atom. The van der Waals surface area contributed by atoms with Gasteiger partial charge in [-0.2, -0.15) is 0 Å². The minimum absolute atomic E-state index is 0.0958. The monoisotopic (exact) mass is 208 g/mol. The van der Waals surface area contributed by atoms with Gasteiger partial charge in [-0.1, -0.05) is 25.1 Å². The lowest BCUT2D eigenvalue weighted by molar-refractivity contribution is -0.110. The van der Waals surface area contributed by atoms with E-state index < -0.39 is 0 Å². The number of rotatable bonds is 4. The average Bonchev–Trinajstić information content (AvgIpc) is 2.16. The molecule has 1 rings (SSSR count). The van der Waals surface area contributed by atoms with Gasteiger partial charge in [0.1, 0.15) is 0 Å². The number of ketones is 1. The van der Waals surface area contributed by atoms with Crippen LogP contribution in [0.5, 0.6) is 0 Å². The molecule has 0 heterocycles. The molecule has 0 unspecified atom stereocenters. The van der Waals surface area contributed by atoms with Gasteiger partial charge in [-0.3, -0.25) is 9.59 Å². The molecular weight excluding hydrogens is 196 g/mol. The zero-order valence-corrected chi connectivity index (χ0v) is 8.88. The molecule has 0 fully saturated rings. The third kappa shape index (κ3) is 3.00. The van der Waals surface area contributed by atoms with Crippen LogP contribution in [-0.4, -0.2) is 10.9 Å². The minimum Gasteiger partial charge on any atom is -0.294 e. The topological polar surface area (TPSA) is 34.1 Å². The van der Waals surface area contributed by atoms with Crippen molar-refractivity contribution in [2.24, 2.45) is 0 Å². The Labute approximate surface area is 88.7 Å². The molecule has 0 bridgehead atoms. The lowest BCUT2D eigenvalue weighted by Crippen LogP contribution is -1.99. The Balaban J connectivity index is 2.89. The van der Waals surface area contributed by atoms with Crippen LogP contribution in [0.1, 0.15) is 29.3 Å². The number of hydrogen-bond acceptors (Lipinski definition) is 2. The molecule has 0 aliphatic rings. The zero-order valence-electron chi connectivity index (χ0n) is 7.99. The van der Waals surface area contributed by atoms with E-state index >= 15 is 0 Å². The number of benzene rings is 1. The fourth-order valence-corrected chi connectivity index (χ4v) is 1.42. The van der Waals surface area contributed by atoms with Gasteiger partial charge in [0.2, 0.25) is 0 Å². The van der Waals surface area contributed by atoms with Crippen molar-refractivity contribution in [2.45, 2.75) is 19.8 Å². The number of thiol groups is 1. The van der Waals surface area contributed by atoms with Crippen LogP contribution < -0.4 is 0 Å². The first-order chi connectivity index (χ1) is 6.63. The Kier molecular flexibility index (Phi) is 3.89. The molecule has 0 saturated carbocycles. The van der Waals surface area contributed by atoms with Crippen LogP contribution in [0.2, 0.25) is 0 Å². The molecule has 74 valence electrons. The molecule has 0 aliphatic carbocycles. The van der Waals surface area contributed by atoms with Crippen LogP contribution in [0, 0.1) is 0 Å². The van der Waals surface area contributed by atoms with Crippen molar-refractivity contribution in [3.63, 3.8) is 0 Å². The van der Waals surface area contributed by atoms with Crippen molar-refractivity contribution in [3.05, 3.63) is 35.4 Å². The number of Topliss-reactive ketones (excluding diaryl/α,β-unsaturated/α-hetero) is 1. The highest BCUT2D eigenvalue weighted by Gasteiger charge is 2.04. The SMILES string of the molecule is CCC(=O)c1cccc(CC(=O)S)c1. The van der Waals surface area contributed by atoms with E-state index in [2.05, 4.69) is 12.6 Å². The van der Waals surface area contributed by atoms with E-state index in [1.165, 1.54) is 0 Å². The highest BCUT2D eigenvalue weighted by Crippen LogP contribution is 2.09. The molecule has 0 spiro atoms. The van der Waals surface area contributed by atoms with Crippen LogP contribution in [0.15, 0.2) is 24.3 Å². The van der Waals surface area contributed by atoms with Gasteiger partial charge in [-0.25, -0.2) is 0 Å². The van der Waals surface area contributed by atoms with Gasteiger partial charge < -0.3 is 0 Å². The summed E-state index contributed by atoms with van der Waals surface area (Å²) in [5, 5.41) is -0.189. The molecule has 1 aromatic carbocycles. The van der Waals surface area contributed by atoms with Gasteiger partial charge in [0.15, 0.2) is 10.9 Å². The number of carbonyl (C=O) groups is 2. The number of hydrogen-bond donors (Lipinski definition) is 1. The van der Waals surface area contributed by atoms with Crippen molar-refractivity contribution >= 4 is 23.5 Å². The summed E-state index contributed by atoms with van der Waals surface area (Å²) >= 11 is 3.69. The normalized spacial score (nSPS) is 9.86. The van der Waals surface area contributed by atoms with E-state index in [9.17, 15) is 9.59 Å². The Bertz CT molecular complexity index is 358. The predicted molar refractivity (Wildman–Crippen MR) is 58.8 cm³/mol. The highest BCUT2D eigenvalue weighted by molar-refractivity contribution is 7.96. The van der Waals surface area contributed by atoms with E-state index in [1.807, 2.05) is 13.0 Å². The summed E-state index contributed by atoms with van der Waals surface area (Å²) in [4.78, 5) is 22.1. The fraction of sp³-hybridized carbons (Fsp3) is 0.273. The van der Waals surface area contributed by atoms with Crippen LogP contribution in [0.25, 0.3) is 0 Å². The summed E-state index contributed by atoms with van der Waals surface area (Å²) in [7, 11) is 0. The molecule has 1 aromatic rings. The molecule has 2 nitrogen and oxygen atoms in total. The van der Waals surface area contributed by atoms with Crippen LogP contribution >= 0.6 is 12.6 Å². The van der Waals surface area contributed by atoms with Gasteiger partial charge in [0, 0.05) is 18.4 Å². The zero-order chi connectivity index (χ0) is 10.6. The lowest BCUT2D eigenvalue weighted by atomic mass is 10.0. The Hall–Kier alpha value is -1.09. The summed E-state index contributed by atoms with van der Waals surface area (Å²) in [6, 6.07) is 7.12. The van der Waals surface area contributed by atoms with Gasteiger partial charge in [-0.05, 0) is 11.6 Å². The third-order valence-corrected chi connectivity index (χ3v) is 2.08. The second-order valence-corrected chi connectivity index (χ2v) is 3.55. The van der Waals surface area contributed by atoms with Crippen molar-refractivity contribution < 1.29 is 9.59 Å². The van der Waals surface area contributed by atoms with Gasteiger partial charge in [0.05, 0.1) is 0 Å². The van der Waals surface area contributed by atoms with Crippen molar-refractivity contribution in [3.8, 4) is 0 Å². The molecule has 0 aromatic heterocycles. The first kappa shape index (κ1) is 11.0. The lowest BCUT2D eigenvalue weighted by Gasteiger charge is -2.01. The number of carbonyl (C=O) groups excluding carboxylic acids is 2. The minimum atomic E-state index is -0.189. The molecule has 0 saturated heterocycles. The molecular formula is C11H12O2S. The van der Waals surface area contributed by atoms with E-state index in [-0.39, 0.29) is 17.3 Å². The molecule has 3 heteroatoms. The van der Waals surface area contributed by atoms with E-state index in [1.54, 1.807) is 18.2 Å². The maximum atomic E-state index is 11.3. The van der Waals surface area contributed by atoms with E-state index in [0.717, 1.165) is 5.56 Å². The van der Waals surface area contributed by atoms with Crippen molar-refractivity contribution in [1.82, 2.24) is 0 Å². The maximum absolute atomic E-state index is 11.3. The third-order valence-electron chi connectivity index (χ3n) is 1.93. The highest BCUT2D eigenvalue weighted by atomic mass is 32.1. The Morgan fingerprint density at radius 3 is 2.64 bits per heavy atom. The predicted octanol–water partition coefficient (Wildman–Crippen LogP) is 2.28. The summed E-state index contributed by atoms with van der Waals surface area (Å²) in [6.07, 6.45) is 0.756. The quantitative estimate of drug-likeness (QED) is 0.608. The first-order valence-electron chi connectivity index (χ1n) is 4.47. The maximum Gasteiger partial charge on any atom is 0.190 e. The second kappa shape index (κ2) is 4.96. The van der Waals surface area contributed by atoms with Crippen molar-refractivity contribution in [2.75, 3.05) is 0 Å². The first-order valence-corrected chi connectivity index (χ1v) is 4.92. The van der Waals surface area contributed by atoms with Crippen molar-refractivity contribution in [1.29, 1.82) is 0 Å². The Morgan fingerprint density at radius 1 is 1.36 bits per heavy atom. The summed E-state index contributed by atoms with van der Waals surface area (Å²) in [6.45, 7) is 1.82. The summed E-state index contributed by atoms with van der Waals surface area (Å²) in [5.74, 6) is 0.0958. The summed E-state index contributed by atoms with van der Waals surface area (Å²) in [5.41, 5.74) is 1.50. The second-order valence-electron chi connectivity index (χ2n) is 3.05. The van der Waals surface area contributed by atoms with E-state index in [4.69, 9.17) is 0 Å². The van der Waals surface area contributed by atoms with E-state index in [0.29, 0.717) is 12.0 Å². The fourth-order valence-electron chi connectivity index (χ4n) is 1.23. The smallest absolute Gasteiger partial charge is 0.190 e. The molecule has 0 radical (unpaired) electrons. The molecule has 14 heavy (non-hydrogen) atoms. The van der Waals surface area contributed by atoms with Crippen LogP contribution in [-0.2, 0) is 11.2 Å². The molecule has 0 atom stereocenters.